The second-order valence-electron chi connectivity index (χ2n) is 4.61. The topological polar surface area (TPSA) is 59.2 Å². The summed E-state index contributed by atoms with van der Waals surface area (Å²) in [4.78, 5) is 18.1. The number of carbonyl (C=O) groups excluding carboxylic acids is 1. The Kier molecular flexibility index (Phi) is 4.70. The third kappa shape index (κ3) is 3.47. The smallest absolute Gasteiger partial charge is 0.258 e. The number of benzene rings is 1. The van der Waals surface area contributed by atoms with Gasteiger partial charge in [-0.1, -0.05) is 11.8 Å². The van der Waals surface area contributed by atoms with E-state index in [1.807, 2.05) is 25.1 Å². The fourth-order valence-electron chi connectivity index (χ4n) is 1.95. The molecule has 0 saturated carbocycles. The molecule has 0 fully saturated rings. The SMILES string of the molecule is Cc1cc(C(=O)N(C)c2cccnc2)ccc1C#CCN. The Labute approximate surface area is 124 Å². The molecule has 1 aromatic heterocycles. The lowest BCUT2D eigenvalue weighted by Gasteiger charge is -2.17. The number of nitrogens with zero attached hydrogens (tertiary/aromatic N) is 2. The van der Waals surface area contributed by atoms with Gasteiger partial charge in [0.25, 0.3) is 5.91 Å². The van der Waals surface area contributed by atoms with Crippen LogP contribution < -0.4 is 10.6 Å². The van der Waals surface area contributed by atoms with Gasteiger partial charge in [0, 0.05) is 24.4 Å². The second kappa shape index (κ2) is 6.69. The Morgan fingerprint density at radius 2 is 2.19 bits per heavy atom. The highest BCUT2D eigenvalue weighted by Crippen LogP contribution is 2.16. The number of pyridine rings is 1. The van der Waals surface area contributed by atoms with Gasteiger partial charge in [-0.05, 0) is 42.8 Å². The zero-order valence-corrected chi connectivity index (χ0v) is 12.1. The van der Waals surface area contributed by atoms with Crippen molar-refractivity contribution in [1.82, 2.24) is 4.98 Å². The van der Waals surface area contributed by atoms with Crippen molar-refractivity contribution in [3.8, 4) is 11.8 Å². The molecule has 1 aromatic carbocycles. The van der Waals surface area contributed by atoms with Crippen LogP contribution in [0.25, 0.3) is 0 Å². The van der Waals surface area contributed by atoms with Crippen LogP contribution >= 0.6 is 0 Å². The Balaban J connectivity index is 2.26. The zero-order valence-electron chi connectivity index (χ0n) is 12.1. The van der Waals surface area contributed by atoms with Gasteiger partial charge in [0.1, 0.15) is 0 Å². The summed E-state index contributed by atoms with van der Waals surface area (Å²) < 4.78 is 0. The van der Waals surface area contributed by atoms with E-state index in [0.29, 0.717) is 12.1 Å². The molecule has 2 rings (SSSR count). The number of aryl methyl sites for hydroxylation is 1. The van der Waals surface area contributed by atoms with Crippen molar-refractivity contribution in [2.45, 2.75) is 6.92 Å². The van der Waals surface area contributed by atoms with Crippen LogP contribution in [0.2, 0.25) is 0 Å². The zero-order chi connectivity index (χ0) is 15.2. The summed E-state index contributed by atoms with van der Waals surface area (Å²) >= 11 is 0. The number of anilines is 1. The Morgan fingerprint density at radius 3 is 2.81 bits per heavy atom. The minimum atomic E-state index is -0.0792. The van der Waals surface area contributed by atoms with Gasteiger partial charge in [-0.3, -0.25) is 9.78 Å². The summed E-state index contributed by atoms with van der Waals surface area (Å²) in [6, 6.07) is 9.12. The highest BCUT2D eigenvalue weighted by Gasteiger charge is 2.14. The van der Waals surface area contributed by atoms with E-state index >= 15 is 0 Å². The van der Waals surface area contributed by atoms with Crippen molar-refractivity contribution in [1.29, 1.82) is 0 Å². The van der Waals surface area contributed by atoms with Gasteiger partial charge < -0.3 is 10.6 Å². The largest absolute Gasteiger partial charge is 0.320 e. The molecule has 0 aliphatic carbocycles. The van der Waals surface area contributed by atoms with Crippen LogP contribution in [0.4, 0.5) is 5.69 Å². The third-order valence-electron chi connectivity index (χ3n) is 3.14. The monoisotopic (exact) mass is 279 g/mol. The Morgan fingerprint density at radius 1 is 1.38 bits per heavy atom. The van der Waals surface area contributed by atoms with Crippen LogP contribution in [0.15, 0.2) is 42.7 Å². The van der Waals surface area contributed by atoms with Crippen LogP contribution in [0.5, 0.6) is 0 Å². The number of amides is 1. The Bertz CT molecular complexity index is 699. The van der Waals surface area contributed by atoms with Crippen molar-refractivity contribution in [2.75, 3.05) is 18.5 Å². The third-order valence-corrected chi connectivity index (χ3v) is 3.14. The molecule has 1 amide bonds. The van der Waals surface area contributed by atoms with Gasteiger partial charge in [0.05, 0.1) is 18.4 Å². The van der Waals surface area contributed by atoms with Crippen molar-refractivity contribution < 1.29 is 4.79 Å². The van der Waals surface area contributed by atoms with Gasteiger partial charge in [-0.2, -0.15) is 0 Å². The summed E-state index contributed by atoms with van der Waals surface area (Å²) in [7, 11) is 1.73. The predicted molar refractivity (Wildman–Crippen MR) is 84.1 cm³/mol. The highest BCUT2D eigenvalue weighted by molar-refractivity contribution is 6.05. The van der Waals surface area contributed by atoms with Crippen molar-refractivity contribution in [2.24, 2.45) is 5.73 Å². The van der Waals surface area contributed by atoms with E-state index in [-0.39, 0.29) is 5.91 Å². The van der Waals surface area contributed by atoms with Crippen molar-refractivity contribution >= 4 is 11.6 Å². The first-order valence-electron chi connectivity index (χ1n) is 6.61. The van der Waals surface area contributed by atoms with E-state index in [2.05, 4.69) is 16.8 Å². The molecular formula is C17H17N3O. The quantitative estimate of drug-likeness (QED) is 0.855. The first kappa shape index (κ1) is 14.8. The number of aromatic nitrogens is 1. The van der Waals surface area contributed by atoms with E-state index in [1.54, 1.807) is 36.5 Å². The van der Waals surface area contributed by atoms with Gasteiger partial charge in [-0.15, -0.1) is 0 Å². The number of hydrogen-bond acceptors (Lipinski definition) is 3. The Hall–Kier alpha value is -2.64. The maximum absolute atomic E-state index is 12.5. The molecule has 0 aliphatic heterocycles. The lowest BCUT2D eigenvalue weighted by atomic mass is 10.0. The van der Waals surface area contributed by atoms with E-state index < -0.39 is 0 Å². The van der Waals surface area contributed by atoms with E-state index in [9.17, 15) is 4.79 Å². The van der Waals surface area contributed by atoms with Gasteiger partial charge in [-0.25, -0.2) is 0 Å². The van der Waals surface area contributed by atoms with Crippen LogP contribution in [-0.2, 0) is 0 Å². The summed E-state index contributed by atoms with van der Waals surface area (Å²) in [6.45, 7) is 2.26. The normalized spacial score (nSPS) is 9.67. The molecule has 0 atom stereocenters. The van der Waals surface area contributed by atoms with Crippen LogP contribution in [0, 0.1) is 18.8 Å². The van der Waals surface area contributed by atoms with Gasteiger partial charge >= 0.3 is 0 Å². The molecule has 0 radical (unpaired) electrons. The number of nitrogens with two attached hydrogens (primary N) is 1. The fourth-order valence-corrected chi connectivity index (χ4v) is 1.95. The fraction of sp³-hybridized carbons (Fsp3) is 0.176. The van der Waals surface area contributed by atoms with Crippen LogP contribution in [0.1, 0.15) is 21.5 Å². The number of hydrogen-bond donors (Lipinski definition) is 1. The first-order valence-corrected chi connectivity index (χ1v) is 6.61. The molecule has 1 heterocycles. The first-order chi connectivity index (χ1) is 10.1. The van der Waals surface area contributed by atoms with E-state index in [4.69, 9.17) is 5.73 Å². The lowest BCUT2D eigenvalue weighted by molar-refractivity contribution is 0.0993. The molecule has 4 heteroatoms. The number of carbonyl (C=O) groups is 1. The van der Waals surface area contributed by atoms with E-state index in [1.165, 1.54) is 0 Å². The minimum Gasteiger partial charge on any atom is -0.320 e. The van der Waals surface area contributed by atoms with E-state index in [0.717, 1.165) is 16.8 Å². The molecular weight excluding hydrogens is 262 g/mol. The van der Waals surface area contributed by atoms with Gasteiger partial charge in [0.15, 0.2) is 0 Å². The molecule has 2 aromatic rings. The summed E-state index contributed by atoms with van der Waals surface area (Å²) in [5.74, 6) is 5.73. The molecule has 0 aliphatic rings. The number of rotatable bonds is 2. The van der Waals surface area contributed by atoms with Crippen molar-refractivity contribution in [3.63, 3.8) is 0 Å². The molecule has 21 heavy (non-hydrogen) atoms. The molecule has 0 bridgehead atoms. The minimum absolute atomic E-state index is 0.0792. The standard InChI is InChI=1S/C17H17N3O/c1-13-11-15(8-7-14(13)5-3-9-18)17(21)20(2)16-6-4-10-19-12-16/h4,6-8,10-12H,9,18H2,1-2H3. The molecule has 0 saturated heterocycles. The molecule has 0 unspecified atom stereocenters. The van der Waals surface area contributed by atoms with Crippen molar-refractivity contribution in [3.05, 3.63) is 59.4 Å². The molecule has 2 N–H and O–H groups in total. The second-order valence-corrected chi connectivity index (χ2v) is 4.61. The van der Waals surface area contributed by atoms with Gasteiger partial charge in [0.2, 0.25) is 0 Å². The summed E-state index contributed by atoms with van der Waals surface area (Å²) in [5.41, 5.74) is 8.60. The average molecular weight is 279 g/mol. The van der Waals surface area contributed by atoms with Crippen LogP contribution in [0.3, 0.4) is 0 Å². The molecule has 0 spiro atoms. The lowest BCUT2D eigenvalue weighted by Crippen LogP contribution is -2.26. The highest BCUT2D eigenvalue weighted by atomic mass is 16.2. The summed E-state index contributed by atoms with van der Waals surface area (Å²) in [5, 5.41) is 0. The maximum atomic E-state index is 12.5. The predicted octanol–water partition coefficient (Wildman–Crippen LogP) is 1.98. The average Bonchev–Trinajstić information content (AvgIpc) is 2.53. The maximum Gasteiger partial charge on any atom is 0.258 e. The summed E-state index contributed by atoms with van der Waals surface area (Å²) in [6.07, 6.45) is 3.34. The molecule has 106 valence electrons. The van der Waals surface area contributed by atoms with Crippen LogP contribution in [-0.4, -0.2) is 24.5 Å². The molecule has 4 nitrogen and oxygen atoms in total.